The molecule has 0 radical (unpaired) electrons. The van der Waals surface area contributed by atoms with Gasteiger partial charge in [-0.05, 0) is 24.3 Å². The topological polar surface area (TPSA) is 69.7 Å². The van der Waals surface area contributed by atoms with Crippen LogP contribution in [-0.2, 0) is 20.8 Å². The number of piperazine rings is 1. The Morgan fingerprint density at radius 1 is 0.966 bits per heavy atom. The lowest BCUT2D eigenvalue weighted by Crippen LogP contribution is -2.57. The largest absolute Gasteiger partial charge is 0.344 e. The quantitative estimate of drug-likeness (QED) is 0.798. The molecule has 2 aliphatic rings. The van der Waals surface area contributed by atoms with Crippen LogP contribution < -0.4 is 5.32 Å². The highest BCUT2D eigenvalue weighted by atomic mass is 16.2. The molecule has 1 heterocycles. The van der Waals surface area contributed by atoms with Gasteiger partial charge in [0.25, 0.3) is 0 Å². The Balaban J connectivity index is 1.53. The van der Waals surface area contributed by atoms with Crippen molar-refractivity contribution >= 4 is 17.7 Å². The van der Waals surface area contributed by atoms with E-state index in [1.54, 1.807) is 4.90 Å². The molecule has 1 aromatic rings. The fourth-order valence-corrected chi connectivity index (χ4v) is 4.29. The third kappa shape index (κ3) is 5.58. The summed E-state index contributed by atoms with van der Waals surface area (Å²) in [5.74, 6) is 0.247. The minimum absolute atomic E-state index is 0.000346. The molecule has 1 aromatic carbocycles. The van der Waals surface area contributed by atoms with E-state index in [9.17, 15) is 14.4 Å². The number of nitrogens with one attached hydrogen (secondary N) is 1. The molecule has 1 aliphatic carbocycles. The van der Waals surface area contributed by atoms with Crippen molar-refractivity contribution in [1.29, 1.82) is 0 Å². The van der Waals surface area contributed by atoms with E-state index < -0.39 is 6.04 Å². The maximum Gasteiger partial charge on any atom is 0.245 e. The molecule has 29 heavy (non-hydrogen) atoms. The third-order valence-electron chi connectivity index (χ3n) is 6.06. The predicted molar refractivity (Wildman–Crippen MR) is 112 cm³/mol. The predicted octanol–water partition coefficient (Wildman–Crippen LogP) is 2.23. The highest BCUT2D eigenvalue weighted by Gasteiger charge is 2.33. The normalized spacial score (nSPS) is 18.7. The lowest BCUT2D eigenvalue weighted by molar-refractivity contribution is -0.144. The first-order chi connectivity index (χ1) is 14.0. The molecule has 2 fully saturated rings. The summed E-state index contributed by atoms with van der Waals surface area (Å²) in [6.45, 7) is 6.15. The van der Waals surface area contributed by atoms with Crippen molar-refractivity contribution in [2.24, 2.45) is 11.8 Å². The van der Waals surface area contributed by atoms with Gasteiger partial charge in [-0.1, -0.05) is 57.0 Å². The Morgan fingerprint density at radius 3 is 2.14 bits per heavy atom. The van der Waals surface area contributed by atoms with Crippen LogP contribution >= 0.6 is 0 Å². The molecule has 6 nitrogen and oxygen atoms in total. The van der Waals surface area contributed by atoms with Crippen LogP contribution in [0.5, 0.6) is 0 Å². The second-order valence-electron chi connectivity index (χ2n) is 8.58. The van der Waals surface area contributed by atoms with Crippen LogP contribution in [0, 0.1) is 11.8 Å². The van der Waals surface area contributed by atoms with Gasteiger partial charge in [-0.2, -0.15) is 0 Å². The molecular formula is C23H33N3O3. The Labute approximate surface area is 173 Å². The Morgan fingerprint density at radius 2 is 1.55 bits per heavy atom. The summed E-state index contributed by atoms with van der Waals surface area (Å²) in [7, 11) is 0. The summed E-state index contributed by atoms with van der Waals surface area (Å²) in [6, 6.07) is 9.00. The summed E-state index contributed by atoms with van der Waals surface area (Å²) in [4.78, 5) is 41.9. The van der Waals surface area contributed by atoms with E-state index in [2.05, 4.69) is 5.32 Å². The summed E-state index contributed by atoms with van der Waals surface area (Å²) in [6.07, 6.45) is 4.56. The zero-order valence-corrected chi connectivity index (χ0v) is 17.6. The summed E-state index contributed by atoms with van der Waals surface area (Å²) >= 11 is 0. The van der Waals surface area contributed by atoms with Crippen molar-refractivity contribution in [2.45, 2.75) is 52.0 Å². The van der Waals surface area contributed by atoms with Gasteiger partial charge < -0.3 is 15.1 Å². The SMILES string of the molecule is CC(C)C(NC(=O)Cc1ccccc1)C(=O)N1CCN(C(=O)C2CCCC2)CC1. The van der Waals surface area contributed by atoms with E-state index in [1.165, 1.54) is 0 Å². The van der Waals surface area contributed by atoms with Crippen LogP contribution in [-0.4, -0.2) is 59.7 Å². The zero-order valence-electron chi connectivity index (χ0n) is 17.6. The van der Waals surface area contributed by atoms with Crippen molar-refractivity contribution in [3.05, 3.63) is 35.9 Å². The number of carbonyl (C=O) groups excluding carboxylic acids is 3. The minimum atomic E-state index is -0.539. The van der Waals surface area contributed by atoms with E-state index in [0.717, 1.165) is 31.2 Å². The third-order valence-corrected chi connectivity index (χ3v) is 6.06. The Kier molecular flexibility index (Phi) is 7.29. The van der Waals surface area contributed by atoms with E-state index in [4.69, 9.17) is 0 Å². The number of amides is 3. The standard InChI is InChI=1S/C23H33N3O3/c1-17(2)21(24-20(27)16-18-8-4-3-5-9-18)23(29)26-14-12-25(13-15-26)22(28)19-10-6-7-11-19/h3-5,8-9,17,19,21H,6-7,10-16H2,1-2H3,(H,24,27). The Bertz CT molecular complexity index is 705. The minimum Gasteiger partial charge on any atom is -0.344 e. The van der Waals surface area contributed by atoms with Crippen molar-refractivity contribution in [3.8, 4) is 0 Å². The number of benzene rings is 1. The molecule has 1 saturated carbocycles. The second kappa shape index (κ2) is 9.90. The number of hydrogen-bond acceptors (Lipinski definition) is 3. The molecule has 3 amide bonds. The lowest BCUT2D eigenvalue weighted by atomic mass is 10.0. The molecule has 1 N–H and O–H groups in total. The van der Waals surface area contributed by atoms with Crippen molar-refractivity contribution in [2.75, 3.05) is 26.2 Å². The van der Waals surface area contributed by atoms with Crippen LogP contribution in [0.15, 0.2) is 30.3 Å². The summed E-state index contributed by atoms with van der Waals surface area (Å²) in [5, 5.41) is 2.93. The molecule has 1 unspecified atom stereocenters. The van der Waals surface area contributed by atoms with Crippen LogP contribution in [0.2, 0.25) is 0 Å². The zero-order chi connectivity index (χ0) is 20.8. The van der Waals surface area contributed by atoms with Crippen molar-refractivity contribution in [1.82, 2.24) is 15.1 Å². The first-order valence-electron chi connectivity index (χ1n) is 10.9. The molecule has 158 valence electrons. The highest BCUT2D eigenvalue weighted by molar-refractivity contribution is 5.89. The fraction of sp³-hybridized carbons (Fsp3) is 0.609. The van der Waals surface area contributed by atoms with Crippen LogP contribution in [0.3, 0.4) is 0 Å². The van der Waals surface area contributed by atoms with Gasteiger partial charge in [0.1, 0.15) is 6.04 Å². The first kappa shape index (κ1) is 21.3. The molecule has 3 rings (SSSR count). The molecule has 6 heteroatoms. The van der Waals surface area contributed by atoms with Gasteiger partial charge in [0.2, 0.25) is 17.7 Å². The number of nitrogens with zero attached hydrogens (tertiary/aromatic N) is 2. The van der Waals surface area contributed by atoms with Gasteiger partial charge in [0.15, 0.2) is 0 Å². The van der Waals surface area contributed by atoms with Gasteiger partial charge in [-0.25, -0.2) is 0 Å². The maximum absolute atomic E-state index is 13.1. The molecule has 1 atom stereocenters. The lowest BCUT2D eigenvalue weighted by Gasteiger charge is -2.38. The Hall–Kier alpha value is -2.37. The van der Waals surface area contributed by atoms with Crippen LogP contribution in [0.1, 0.15) is 45.1 Å². The average molecular weight is 400 g/mol. The number of rotatable bonds is 6. The maximum atomic E-state index is 13.1. The van der Waals surface area contributed by atoms with E-state index in [1.807, 2.05) is 49.1 Å². The van der Waals surface area contributed by atoms with Crippen LogP contribution in [0.4, 0.5) is 0 Å². The van der Waals surface area contributed by atoms with Gasteiger partial charge >= 0.3 is 0 Å². The summed E-state index contributed by atoms with van der Waals surface area (Å²) < 4.78 is 0. The number of hydrogen-bond donors (Lipinski definition) is 1. The average Bonchev–Trinajstić information content (AvgIpc) is 3.26. The van der Waals surface area contributed by atoms with Crippen LogP contribution in [0.25, 0.3) is 0 Å². The monoisotopic (exact) mass is 399 g/mol. The van der Waals surface area contributed by atoms with E-state index >= 15 is 0 Å². The van der Waals surface area contributed by atoms with E-state index in [0.29, 0.717) is 26.2 Å². The molecular weight excluding hydrogens is 366 g/mol. The fourth-order valence-electron chi connectivity index (χ4n) is 4.29. The molecule has 1 aliphatic heterocycles. The molecule has 0 spiro atoms. The number of carbonyl (C=O) groups is 3. The van der Waals surface area contributed by atoms with Gasteiger partial charge in [0, 0.05) is 32.1 Å². The van der Waals surface area contributed by atoms with Crippen molar-refractivity contribution in [3.63, 3.8) is 0 Å². The highest BCUT2D eigenvalue weighted by Crippen LogP contribution is 2.27. The smallest absolute Gasteiger partial charge is 0.245 e. The van der Waals surface area contributed by atoms with Crippen molar-refractivity contribution < 1.29 is 14.4 Å². The first-order valence-corrected chi connectivity index (χ1v) is 10.9. The molecule has 0 aromatic heterocycles. The molecule has 1 saturated heterocycles. The van der Waals surface area contributed by atoms with Gasteiger partial charge in [-0.3, -0.25) is 14.4 Å². The second-order valence-corrected chi connectivity index (χ2v) is 8.58. The van der Waals surface area contributed by atoms with Gasteiger partial charge in [-0.15, -0.1) is 0 Å². The van der Waals surface area contributed by atoms with E-state index in [-0.39, 0.29) is 36.0 Å². The molecule has 0 bridgehead atoms. The summed E-state index contributed by atoms with van der Waals surface area (Å²) in [5.41, 5.74) is 0.930. The van der Waals surface area contributed by atoms with Gasteiger partial charge in [0.05, 0.1) is 6.42 Å².